The second-order valence-corrected chi connectivity index (χ2v) is 11.0. The first-order valence-corrected chi connectivity index (χ1v) is 13.2. The molecule has 1 aliphatic carbocycles. The number of amides is 1. The molecule has 0 radical (unpaired) electrons. The van der Waals surface area contributed by atoms with Crippen molar-refractivity contribution in [3.63, 3.8) is 0 Å². The van der Waals surface area contributed by atoms with Gasteiger partial charge in [0.2, 0.25) is 15.9 Å². The van der Waals surface area contributed by atoms with Crippen LogP contribution in [0.1, 0.15) is 37.3 Å². The van der Waals surface area contributed by atoms with Crippen LogP contribution in [0.25, 0.3) is 0 Å². The van der Waals surface area contributed by atoms with Crippen LogP contribution in [0.4, 0.5) is 15.8 Å². The summed E-state index contributed by atoms with van der Waals surface area (Å²) in [5.74, 6) is -0.812. The maximum atomic E-state index is 15.7. The molecule has 0 bridgehead atoms. The summed E-state index contributed by atoms with van der Waals surface area (Å²) < 4.78 is 44.5. The van der Waals surface area contributed by atoms with E-state index in [1.54, 1.807) is 48.2 Å². The van der Waals surface area contributed by atoms with Crippen molar-refractivity contribution in [3.05, 3.63) is 58.4 Å². The van der Waals surface area contributed by atoms with Crippen LogP contribution in [-0.4, -0.2) is 51.4 Å². The molecule has 4 rings (SSSR count). The van der Waals surface area contributed by atoms with Crippen LogP contribution in [-0.2, 0) is 20.6 Å². The Morgan fingerprint density at radius 1 is 1.12 bits per heavy atom. The number of anilines is 2. The van der Waals surface area contributed by atoms with Crippen LogP contribution >= 0.6 is 11.6 Å². The normalized spacial score (nSPS) is 17.1. The van der Waals surface area contributed by atoms with Gasteiger partial charge in [0.15, 0.2) is 5.82 Å². The first kappa shape index (κ1) is 23.8. The van der Waals surface area contributed by atoms with Gasteiger partial charge in [-0.3, -0.25) is 9.10 Å². The zero-order valence-electron chi connectivity index (χ0n) is 18.9. The number of carbonyl (C=O) groups is 1. The van der Waals surface area contributed by atoms with Crippen molar-refractivity contribution in [3.8, 4) is 0 Å². The summed E-state index contributed by atoms with van der Waals surface area (Å²) in [5.41, 5.74) is 1.56. The summed E-state index contributed by atoms with van der Waals surface area (Å²) >= 11 is 6.26. The quantitative estimate of drug-likeness (QED) is 0.600. The Morgan fingerprint density at radius 2 is 1.79 bits per heavy atom. The van der Waals surface area contributed by atoms with Crippen LogP contribution < -0.4 is 9.21 Å². The first-order valence-electron chi connectivity index (χ1n) is 11.2. The Morgan fingerprint density at radius 3 is 2.36 bits per heavy atom. The molecule has 1 heterocycles. The van der Waals surface area contributed by atoms with Gasteiger partial charge < -0.3 is 9.80 Å². The lowest BCUT2D eigenvalue weighted by Gasteiger charge is -2.42. The van der Waals surface area contributed by atoms with Gasteiger partial charge in [-0.25, -0.2) is 12.8 Å². The molecule has 2 fully saturated rings. The largest absolute Gasteiger partial charge is 0.366 e. The maximum Gasteiger partial charge on any atom is 0.239 e. The molecule has 2 aromatic rings. The topological polar surface area (TPSA) is 60.9 Å². The highest BCUT2D eigenvalue weighted by atomic mass is 35.5. The van der Waals surface area contributed by atoms with Crippen molar-refractivity contribution in [2.75, 3.05) is 35.4 Å². The average molecular weight is 494 g/mol. The van der Waals surface area contributed by atoms with Crippen molar-refractivity contribution < 1.29 is 17.6 Å². The molecule has 2 aromatic carbocycles. The molecule has 0 aromatic heterocycles. The van der Waals surface area contributed by atoms with Crippen LogP contribution in [0.3, 0.4) is 0 Å². The minimum Gasteiger partial charge on any atom is -0.366 e. The molecule has 6 nitrogen and oxygen atoms in total. The summed E-state index contributed by atoms with van der Waals surface area (Å²) in [6, 6.07) is 10.0. The van der Waals surface area contributed by atoms with Gasteiger partial charge in [-0.15, -0.1) is 0 Å². The van der Waals surface area contributed by atoms with E-state index in [4.69, 9.17) is 11.6 Å². The van der Waals surface area contributed by atoms with Gasteiger partial charge in [-0.1, -0.05) is 35.9 Å². The SMILES string of the molecule is CC(=O)N1CCN(c2ccc(C)c(F)c2N(C2CCC2)S(=O)(=O)Cc2ccccc2Cl)CC1. The summed E-state index contributed by atoms with van der Waals surface area (Å²) in [5, 5.41) is 0.375. The predicted molar refractivity (Wildman–Crippen MR) is 130 cm³/mol. The van der Waals surface area contributed by atoms with Gasteiger partial charge >= 0.3 is 0 Å². The molecule has 0 N–H and O–H groups in total. The smallest absolute Gasteiger partial charge is 0.239 e. The Balaban J connectivity index is 1.76. The molecule has 1 amide bonds. The lowest BCUT2D eigenvalue weighted by atomic mass is 9.92. The number of carbonyl (C=O) groups excluding carboxylic acids is 1. The van der Waals surface area contributed by atoms with Crippen LogP contribution in [0.2, 0.25) is 5.02 Å². The fourth-order valence-corrected chi connectivity index (χ4v) is 6.62. The number of sulfonamides is 1. The molecular weight excluding hydrogens is 465 g/mol. The molecule has 2 aliphatic rings. The van der Waals surface area contributed by atoms with Crippen LogP contribution in [0, 0.1) is 12.7 Å². The van der Waals surface area contributed by atoms with E-state index in [9.17, 15) is 13.2 Å². The highest BCUT2D eigenvalue weighted by Crippen LogP contribution is 2.42. The lowest BCUT2D eigenvalue weighted by Crippen LogP contribution is -2.50. The summed E-state index contributed by atoms with van der Waals surface area (Å²) in [7, 11) is -3.92. The summed E-state index contributed by atoms with van der Waals surface area (Å²) in [6.07, 6.45) is 2.28. The third-order valence-electron chi connectivity index (χ3n) is 6.58. The maximum absolute atomic E-state index is 15.7. The van der Waals surface area contributed by atoms with Crippen molar-refractivity contribution in [2.24, 2.45) is 0 Å². The Bertz CT molecular complexity index is 1150. The van der Waals surface area contributed by atoms with Gasteiger partial charge in [0, 0.05) is 44.2 Å². The first-order chi connectivity index (χ1) is 15.7. The van der Waals surface area contributed by atoms with E-state index < -0.39 is 15.8 Å². The molecule has 178 valence electrons. The van der Waals surface area contributed by atoms with Gasteiger partial charge in [0.1, 0.15) is 5.69 Å². The number of hydrogen-bond donors (Lipinski definition) is 0. The van der Waals surface area contributed by atoms with E-state index in [1.165, 1.54) is 11.2 Å². The van der Waals surface area contributed by atoms with Crippen molar-refractivity contribution in [1.82, 2.24) is 4.90 Å². The van der Waals surface area contributed by atoms with Crippen molar-refractivity contribution >= 4 is 38.9 Å². The Kier molecular flexibility index (Phi) is 6.86. The minimum absolute atomic E-state index is 0.00312. The molecule has 0 unspecified atom stereocenters. The zero-order chi connectivity index (χ0) is 23.8. The van der Waals surface area contributed by atoms with Gasteiger partial charge in [0.25, 0.3) is 0 Å². The number of rotatable bonds is 6. The van der Waals surface area contributed by atoms with E-state index in [0.717, 1.165) is 6.42 Å². The van der Waals surface area contributed by atoms with E-state index in [0.29, 0.717) is 60.9 Å². The molecule has 0 spiro atoms. The number of piperazine rings is 1. The zero-order valence-corrected chi connectivity index (χ0v) is 20.5. The van der Waals surface area contributed by atoms with Gasteiger partial charge in [-0.2, -0.15) is 0 Å². The molecule has 1 aliphatic heterocycles. The Hall–Kier alpha value is -2.32. The van der Waals surface area contributed by atoms with Gasteiger partial charge in [-0.05, 0) is 49.4 Å². The average Bonchev–Trinajstić information content (AvgIpc) is 2.74. The third-order valence-corrected chi connectivity index (χ3v) is 8.70. The monoisotopic (exact) mass is 493 g/mol. The number of nitrogens with zero attached hydrogens (tertiary/aromatic N) is 3. The molecule has 1 saturated heterocycles. The second kappa shape index (κ2) is 9.50. The molecule has 9 heteroatoms. The Labute approximate surface area is 200 Å². The van der Waals surface area contributed by atoms with Gasteiger partial charge in [0.05, 0.1) is 11.4 Å². The third kappa shape index (κ3) is 4.82. The van der Waals surface area contributed by atoms with Crippen molar-refractivity contribution in [2.45, 2.75) is 44.9 Å². The van der Waals surface area contributed by atoms with Crippen LogP contribution in [0.15, 0.2) is 36.4 Å². The predicted octanol–water partition coefficient (Wildman–Crippen LogP) is 4.34. The molecular formula is C24H29ClFN3O3S. The fraction of sp³-hybridized carbons (Fsp3) is 0.458. The number of benzene rings is 2. The highest BCUT2D eigenvalue weighted by molar-refractivity contribution is 7.92. The minimum atomic E-state index is -3.92. The highest BCUT2D eigenvalue weighted by Gasteiger charge is 2.39. The summed E-state index contributed by atoms with van der Waals surface area (Å²) in [4.78, 5) is 15.5. The number of hydrogen-bond acceptors (Lipinski definition) is 4. The lowest BCUT2D eigenvalue weighted by molar-refractivity contribution is -0.129. The number of aryl methyl sites for hydroxylation is 1. The van der Waals surface area contributed by atoms with Crippen LogP contribution in [0.5, 0.6) is 0 Å². The van der Waals surface area contributed by atoms with E-state index >= 15 is 4.39 Å². The fourth-order valence-electron chi connectivity index (χ4n) is 4.43. The standard InChI is InChI=1S/C24H29ClFN3O3S/c1-17-10-11-22(28-14-12-27(13-15-28)18(2)30)24(23(17)26)29(20-7-5-8-20)33(31,32)16-19-6-3-4-9-21(19)25/h3-4,6,9-11,20H,5,7-8,12-16H2,1-2H3. The molecule has 33 heavy (non-hydrogen) atoms. The summed E-state index contributed by atoms with van der Waals surface area (Å²) in [6.45, 7) is 5.23. The van der Waals surface area contributed by atoms with E-state index in [2.05, 4.69) is 0 Å². The second-order valence-electron chi connectivity index (χ2n) is 8.79. The number of halogens is 2. The molecule has 0 atom stereocenters. The van der Waals surface area contributed by atoms with E-state index in [1.807, 2.05) is 4.90 Å². The molecule has 1 saturated carbocycles. The van der Waals surface area contributed by atoms with Crippen molar-refractivity contribution in [1.29, 1.82) is 0 Å². The van der Waals surface area contributed by atoms with E-state index in [-0.39, 0.29) is 23.4 Å².